The quantitative estimate of drug-likeness (QED) is 0.205. The van der Waals surface area contributed by atoms with Gasteiger partial charge in [-0.25, -0.2) is 4.98 Å². The molecular formula is C32H39ClN4O2. The first-order valence-electron chi connectivity index (χ1n) is 14.1. The zero-order chi connectivity index (χ0) is 27.0. The van der Waals surface area contributed by atoms with E-state index < -0.39 is 0 Å². The van der Waals surface area contributed by atoms with Gasteiger partial charge in [0.15, 0.2) is 0 Å². The topological polar surface area (TPSA) is 42.8 Å². The van der Waals surface area contributed by atoms with E-state index in [4.69, 9.17) is 26.1 Å². The molecule has 0 aliphatic carbocycles. The van der Waals surface area contributed by atoms with Crippen LogP contribution in [0, 0.1) is 0 Å². The van der Waals surface area contributed by atoms with Crippen molar-refractivity contribution in [2.45, 2.75) is 32.7 Å². The molecule has 206 valence electrons. The van der Waals surface area contributed by atoms with Crippen LogP contribution in [0.5, 0.6) is 11.5 Å². The Kier molecular flexibility index (Phi) is 9.40. The van der Waals surface area contributed by atoms with Gasteiger partial charge in [0.25, 0.3) is 0 Å². The van der Waals surface area contributed by atoms with Crippen LogP contribution in [0.25, 0.3) is 22.4 Å². The van der Waals surface area contributed by atoms with Crippen molar-refractivity contribution < 1.29 is 9.47 Å². The number of aryl methyl sites for hydroxylation is 1. The Morgan fingerprint density at radius 1 is 0.821 bits per heavy atom. The number of hydrogen-bond acceptors (Lipinski definition) is 5. The van der Waals surface area contributed by atoms with Crippen molar-refractivity contribution in [1.29, 1.82) is 0 Å². The van der Waals surface area contributed by atoms with Crippen molar-refractivity contribution in [2.75, 3.05) is 53.0 Å². The zero-order valence-corrected chi connectivity index (χ0v) is 23.9. The maximum absolute atomic E-state index is 6.19. The van der Waals surface area contributed by atoms with Crippen molar-refractivity contribution in [1.82, 2.24) is 19.4 Å². The predicted molar refractivity (Wildman–Crippen MR) is 160 cm³/mol. The normalized spacial score (nSPS) is 14.6. The molecule has 1 aliphatic rings. The van der Waals surface area contributed by atoms with Crippen LogP contribution >= 0.6 is 11.6 Å². The van der Waals surface area contributed by atoms with Crippen LogP contribution in [-0.2, 0) is 13.0 Å². The number of halogens is 1. The van der Waals surface area contributed by atoms with E-state index in [0.717, 1.165) is 97.5 Å². The van der Waals surface area contributed by atoms with Crippen molar-refractivity contribution in [3.63, 3.8) is 0 Å². The second-order valence-electron chi connectivity index (χ2n) is 10.3. The van der Waals surface area contributed by atoms with Crippen LogP contribution in [0.4, 0.5) is 0 Å². The molecular weight excluding hydrogens is 508 g/mol. The van der Waals surface area contributed by atoms with E-state index in [0.29, 0.717) is 13.2 Å². The fourth-order valence-electron chi connectivity index (χ4n) is 4.96. The highest BCUT2D eigenvalue weighted by atomic mass is 35.5. The van der Waals surface area contributed by atoms with E-state index in [1.165, 1.54) is 5.56 Å². The Labute approximate surface area is 237 Å². The zero-order valence-electron chi connectivity index (χ0n) is 23.1. The minimum absolute atomic E-state index is 0.619. The molecule has 0 atom stereocenters. The summed E-state index contributed by atoms with van der Waals surface area (Å²) < 4.78 is 14.5. The summed E-state index contributed by atoms with van der Waals surface area (Å²) in [4.78, 5) is 9.88. The van der Waals surface area contributed by atoms with Gasteiger partial charge < -0.3 is 18.9 Å². The van der Waals surface area contributed by atoms with Gasteiger partial charge in [0.2, 0.25) is 0 Å². The predicted octanol–water partition coefficient (Wildman–Crippen LogP) is 6.40. The first-order valence-corrected chi connectivity index (χ1v) is 14.5. The summed E-state index contributed by atoms with van der Waals surface area (Å²) in [5, 5.41) is 0.755. The van der Waals surface area contributed by atoms with Crippen LogP contribution in [-0.4, -0.2) is 72.3 Å². The number of likely N-dealkylation sites (N-methyl/N-ethyl adjacent to an activating group) is 1. The molecule has 0 bridgehead atoms. The molecule has 0 radical (unpaired) electrons. The van der Waals surface area contributed by atoms with E-state index in [1.807, 2.05) is 42.5 Å². The van der Waals surface area contributed by atoms with Gasteiger partial charge in [0.1, 0.15) is 23.9 Å². The van der Waals surface area contributed by atoms with Crippen LogP contribution < -0.4 is 9.47 Å². The van der Waals surface area contributed by atoms with Gasteiger partial charge in [0, 0.05) is 62.3 Å². The first-order chi connectivity index (χ1) is 19.1. The van der Waals surface area contributed by atoms with Crippen molar-refractivity contribution in [2.24, 2.45) is 0 Å². The molecule has 0 spiro atoms. The summed E-state index contributed by atoms with van der Waals surface area (Å²) in [6, 6.07) is 22.5. The van der Waals surface area contributed by atoms with E-state index in [2.05, 4.69) is 52.6 Å². The van der Waals surface area contributed by atoms with Crippen molar-refractivity contribution in [3.8, 4) is 22.9 Å². The Hall–Kier alpha value is -3.06. The highest BCUT2D eigenvalue weighted by Crippen LogP contribution is 2.29. The molecule has 39 heavy (non-hydrogen) atoms. The van der Waals surface area contributed by atoms with Crippen LogP contribution in [0.2, 0.25) is 5.02 Å². The molecule has 0 unspecified atom stereocenters. The van der Waals surface area contributed by atoms with Crippen LogP contribution in [0.3, 0.4) is 0 Å². The van der Waals surface area contributed by atoms with Gasteiger partial charge in [0.05, 0.1) is 17.6 Å². The maximum Gasteiger partial charge on any atom is 0.141 e. The Morgan fingerprint density at radius 2 is 1.54 bits per heavy atom. The molecule has 1 saturated heterocycles. The Balaban J connectivity index is 1.25. The summed E-state index contributed by atoms with van der Waals surface area (Å²) in [7, 11) is 2.19. The number of ether oxygens (including phenoxy) is 2. The smallest absolute Gasteiger partial charge is 0.141 e. The summed E-state index contributed by atoms with van der Waals surface area (Å²) in [6.45, 7) is 9.90. The molecule has 3 aromatic carbocycles. The van der Waals surface area contributed by atoms with Gasteiger partial charge in [-0.1, -0.05) is 37.1 Å². The number of rotatable bonds is 12. The van der Waals surface area contributed by atoms with Crippen LogP contribution in [0.15, 0.2) is 66.7 Å². The molecule has 0 saturated carbocycles. The average Bonchev–Trinajstić information content (AvgIpc) is 3.32. The van der Waals surface area contributed by atoms with Gasteiger partial charge in [-0.3, -0.25) is 4.90 Å². The summed E-state index contributed by atoms with van der Waals surface area (Å²) in [6.07, 6.45) is 3.06. The van der Waals surface area contributed by atoms with Gasteiger partial charge in [-0.05, 0) is 67.6 Å². The molecule has 2 heterocycles. The second kappa shape index (κ2) is 13.3. The fourth-order valence-corrected chi connectivity index (χ4v) is 5.08. The molecule has 4 aromatic rings. The van der Waals surface area contributed by atoms with Crippen molar-refractivity contribution >= 4 is 22.6 Å². The summed E-state index contributed by atoms with van der Waals surface area (Å²) in [5.74, 6) is 2.76. The van der Waals surface area contributed by atoms with E-state index in [9.17, 15) is 0 Å². The largest absolute Gasteiger partial charge is 0.493 e. The average molecular weight is 547 g/mol. The third kappa shape index (κ3) is 7.33. The number of unbranched alkanes of at least 4 members (excludes halogenated alkanes) is 1. The molecule has 7 heteroatoms. The maximum atomic E-state index is 6.19. The fraction of sp³-hybridized carbons (Fsp3) is 0.406. The Bertz CT molecular complexity index is 1330. The van der Waals surface area contributed by atoms with E-state index >= 15 is 0 Å². The molecule has 1 fully saturated rings. The summed E-state index contributed by atoms with van der Waals surface area (Å²) in [5.41, 5.74) is 4.42. The second-order valence-corrected chi connectivity index (χ2v) is 10.8. The van der Waals surface area contributed by atoms with Crippen molar-refractivity contribution in [3.05, 3.63) is 77.3 Å². The van der Waals surface area contributed by atoms with Gasteiger partial charge >= 0.3 is 0 Å². The number of nitrogens with zero attached hydrogens (tertiary/aromatic N) is 4. The number of imidazole rings is 1. The molecule has 6 nitrogen and oxygen atoms in total. The lowest BCUT2D eigenvalue weighted by molar-refractivity contribution is 0.134. The number of fused-ring (bicyclic) bond motifs is 1. The third-order valence-corrected chi connectivity index (χ3v) is 7.66. The SMILES string of the molecule is CCCCn1c(-c2ccc(OCCc3ccc(Cl)cc3)cc2)nc2ccc(OCCN3CCN(C)CC3)cc21. The van der Waals surface area contributed by atoms with E-state index in [1.54, 1.807) is 0 Å². The summed E-state index contributed by atoms with van der Waals surface area (Å²) >= 11 is 5.98. The molecule has 1 aromatic heterocycles. The monoisotopic (exact) mass is 546 g/mol. The third-order valence-electron chi connectivity index (χ3n) is 7.41. The molecule has 1 aliphatic heterocycles. The first kappa shape index (κ1) is 27.5. The number of hydrogen-bond donors (Lipinski definition) is 0. The van der Waals surface area contributed by atoms with Gasteiger partial charge in [-0.2, -0.15) is 0 Å². The lowest BCUT2D eigenvalue weighted by Gasteiger charge is -2.32. The van der Waals surface area contributed by atoms with E-state index in [-0.39, 0.29) is 0 Å². The number of benzene rings is 3. The van der Waals surface area contributed by atoms with Gasteiger partial charge in [-0.15, -0.1) is 0 Å². The standard InChI is InChI=1S/C32H39ClN4O2/c1-3-4-16-37-31-24-29(39-23-21-36-19-17-35(2)18-20-36)13-14-30(31)34-32(37)26-7-11-28(12-8-26)38-22-15-25-5-9-27(33)10-6-25/h5-14,24H,3-4,15-23H2,1-2H3. The lowest BCUT2D eigenvalue weighted by Crippen LogP contribution is -2.45. The molecule has 5 rings (SSSR count). The number of piperazine rings is 1. The molecule has 0 N–H and O–H groups in total. The minimum Gasteiger partial charge on any atom is -0.493 e. The highest BCUT2D eigenvalue weighted by Gasteiger charge is 2.15. The number of aromatic nitrogens is 2. The highest BCUT2D eigenvalue weighted by molar-refractivity contribution is 6.30. The molecule has 0 amide bonds. The lowest BCUT2D eigenvalue weighted by atomic mass is 10.1. The minimum atomic E-state index is 0.619. The van der Waals surface area contributed by atoms with Crippen LogP contribution in [0.1, 0.15) is 25.3 Å². The Morgan fingerprint density at radius 3 is 2.28 bits per heavy atom.